The van der Waals surface area contributed by atoms with Gasteiger partial charge in [0.15, 0.2) is 5.65 Å². The monoisotopic (exact) mass is 392 g/mol. The molecule has 1 aliphatic carbocycles. The third-order valence-electron chi connectivity index (χ3n) is 6.39. The number of ether oxygens (including phenoxy) is 1. The number of imidazole rings is 1. The summed E-state index contributed by atoms with van der Waals surface area (Å²) in [5.41, 5.74) is 2.81. The highest BCUT2D eigenvalue weighted by Gasteiger charge is 2.65. The summed E-state index contributed by atoms with van der Waals surface area (Å²) in [6.45, 7) is 7.51. The molecule has 3 aliphatic rings. The van der Waals surface area contributed by atoms with Crippen molar-refractivity contribution in [3.63, 3.8) is 0 Å². The highest BCUT2D eigenvalue weighted by molar-refractivity contribution is 5.63. The predicted molar refractivity (Wildman–Crippen MR) is 106 cm³/mol. The van der Waals surface area contributed by atoms with Crippen LogP contribution in [-0.2, 0) is 5.54 Å². The molecule has 1 N–H and O–H groups in total. The fraction of sp³-hybridized carbons (Fsp3) is 0.381. The van der Waals surface area contributed by atoms with E-state index in [1.54, 1.807) is 12.3 Å². The Balaban J connectivity index is 1.58. The summed E-state index contributed by atoms with van der Waals surface area (Å²) >= 11 is 0. The Bertz CT molecular complexity index is 1160. The van der Waals surface area contributed by atoms with E-state index in [0.717, 1.165) is 47.8 Å². The van der Waals surface area contributed by atoms with Gasteiger partial charge in [0, 0.05) is 12.1 Å². The molecule has 2 fully saturated rings. The molecular formula is C21H21FN6O. The van der Waals surface area contributed by atoms with Crippen LogP contribution in [-0.4, -0.2) is 38.8 Å². The van der Waals surface area contributed by atoms with Gasteiger partial charge >= 0.3 is 0 Å². The Hall–Kier alpha value is -3.16. The van der Waals surface area contributed by atoms with Crippen LogP contribution in [0.4, 0.5) is 10.2 Å². The lowest BCUT2D eigenvalue weighted by atomic mass is 10.0. The van der Waals surface area contributed by atoms with E-state index >= 15 is 0 Å². The Morgan fingerprint density at radius 1 is 1.31 bits per heavy atom. The molecule has 8 heteroatoms. The smallest absolute Gasteiger partial charge is 0.219 e. The lowest BCUT2D eigenvalue weighted by Crippen LogP contribution is -2.35. The van der Waals surface area contributed by atoms with E-state index in [-0.39, 0.29) is 17.5 Å². The normalized spacial score (nSPS) is 27.8. The van der Waals surface area contributed by atoms with Crippen LogP contribution in [0.2, 0.25) is 0 Å². The molecule has 5 heterocycles. The highest BCUT2D eigenvalue weighted by atomic mass is 19.1. The van der Waals surface area contributed by atoms with Crippen molar-refractivity contribution < 1.29 is 9.13 Å². The van der Waals surface area contributed by atoms with Gasteiger partial charge in [0.2, 0.25) is 5.88 Å². The minimum Gasteiger partial charge on any atom is -0.473 e. The topological polar surface area (TPSA) is 67.6 Å². The van der Waals surface area contributed by atoms with E-state index in [4.69, 9.17) is 9.84 Å². The van der Waals surface area contributed by atoms with Crippen molar-refractivity contribution in [3.8, 4) is 5.88 Å². The number of hydrogen-bond acceptors (Lipinski definition) is 6. The molecular weight excluding hydrogens is 371 g/mol. The van der Waals surface area contributed by atoms with Gasteiger partial charge in [-0.2, -0.15) is 0 Å². The van der Waals surface area contributed by atoms with Crippen LogP contribution in [0.1, 0.15) is 31.0 Å². The largest absolute Gasteiger partial charge is 0.473 e. The number of anilines is 1. The second-order valence-electron chi connectivity index (χ2n) is 8.16. The molecule has 3 aromatic rings. The molecule has 1 saturated heterocycles. The van der Waals surface area contributed by atoms with Gasteiger partial charge in [-0.1, -0.05) is 6.58 Å². The molecule has 0 amide bonds. The van der Waals surface area contributed by atoms with Gasteiger partial charge in [-0.15, -0.1) is 5.10 Å². The average Bonchev–Trinajstić information content (AvgIpc) is 3.10. The first-order valence-corrected chi connectivity index (χ1v) is 9.94. The van der Waals surface area contributed by atoms with E-state index in [9.17, 15) is 4.39 Å². The molecule has 2 bridgehead atoms. The molecule has 0 unspecified atom stereocenters. The number of rotatable bonds is 0. The zero-order chi connectivity index (χ0) is 19.8. The van der Waals surface area contributed by atoms with Crippen LogP contribution < -0.4 is 15.0 Å². The second kappa shape index (κ2) is 5.68. The van der Waals surface area contributed by atoms with Gasteiger partial charge in [0.25, 0.3) is 0 Å². The van der Waals surface area contributed by atoms with Crippen LogP contribution in [0.5, 0.6) is 5.88 Å². The average molecular weight is 392 g/mol. The van der Waals surface area contributed by atoms with Crippen molar-refractivity contribution in [1.82, 2.24) is 24.9 Å². The zero-order valence-corrected chi connectivity index (χ0v) is 16.1. The summed E-state index contributed by atoms with van der Waals surface area (Å²) in [4.78, 5) is 11.1. The SMILES string of the molecule is C=C1NC[C@H](C)Oc2ncc(F)cc2[C@@]23C[C@@H]2CCN3c2ccc3ncc1n3n2. The Morgan fingerprint density at radius 2 is 2.21 bits per heavy atom. The van der Waals surface area contributed by atoms with E-state index in [2.05, 4.69) is 26.8 Å². The number of piperidine rings is 1. The standard InChI is InChI=1S/C21H21FN6O/c1-12-9-23-13(2)17-11-24-18-3-4-19(26-28(17)18)27-6-5-14-8-21(14,27)16-7-15(22)10-25-20(16)29-12/h3-4,7,10-12,14,23H,2,5-6,8-9H2,1H3/t12-,14-,21+/m0/s1. The molecule has 3 atom stereocenters. The molecule has 148 valence electrons. The number of hydrogen-bond donors (Lipinski definition) is 1. The summed E-state index contributed by atoms with van der Waals surface area (Å²) < 4.78 is 22.2. The molecule has 0 aromatic carbocycles. The fourth-order valence-corrected chi connectivity index (χ4v) is 4.90. The number of aromatic nitrogens is 4. The zero-order valence-electron chi connectivity index (χ0n) is 16.1. The maximum atomic E-state index is 14.2. The lowest BCUT2D eigenvalue weighted by molar-refractivity contribution is 0.209. The quantitative estimate of drug-likeness (QED) is 0.635. The van der Waals surface area contributed by atoms with Crippen molar-refractivity contribution in [2.75, 3.05) is 18.0 Å². The van der Waals surface area contributed by atoms with Crippen molar-refractivity contribution in [1.29, 1.82) is 0 Å². The van der Waals surface area contributed by atoms with E-state index in [0.29, 0.717) is 18.3 Å². The summed E-state index contributed by atoms with van der Waals surface area (Å²) in [7, 11) is 0. The van der Waals surface area contributed by atoms with Gasteiger partial charge in [0.1, 0.15) is 23.4 Å². The predicted octanol–water partition coefficient (Wildman–Crippen LogP) is 2.73. The van der Waals surface area contributed by atoms with Gasteiger partial charge in [-0.3, -0.25) is 0 Å². The summed E-state index contributed by atoms with van der Waals surface area (Å²) in [5.74, 6) is 1.44. The molecule has 7 nitrogen and oxygen atoms in total. The minimum absolute atomic E-state index is 0.174. The van der Waals surface area contributed by atoms with Crippen LogP contribution >= 0.6 is 0 Å². The van der Waals surface area contributed by atoms with Crippen LogP contribution in [0.25, 0.3) is 11.3 Å². The Labute approximate surface area is 167 Å². The molecule has 3 aromatic heterocycles. The van der Waals surface area contributed by atoms with E-state index in [1.165, 1.54) is 6.20 Å². The van der Waals surface area contributed by atoms with Gasteiger partial charge in [0.05, 0.1) is 30.2 Å². The maximum absolute atomic E-state index is 14.2. The van der Waals surface area contributed by atoms with Crippen LogP contribution in [0.3, 0.4) is 0 Å². The number of halogens is 1. The number of nitrogens with zero attached hydrogens (tertiary/aromatic N) is 5. The first-order valence-electron chi connectivity index (χ1n) is 9.94. The van der Waals surface area contributed by atoms with Crippen molar-refractivity contribution >= 4 is 17.2 Å². The fourth-order valence-electron chi connectivity index (χ4n) is 4.90. The van der Waals surface area contributed by atoms with Crippen LogP contribution in [0, 0.1) is 11.7 Å². The van der Waals surface area contributed by atoms with Gasteiger partial charge < -0.3 is 15.0 Å². The van der Waals surface area contributed by atoms with Crippen molar-refractivity contribution in [3.05, 3.63) is 54.2 Å². The molecule has 0 radical (unpaired) electrons. The third kappa shape index (κ3) is 2.31. The summed E-state index contributed by atoms with van der Waals surface area (Å²) in [6.07, 6.45) is 4.82. The first-order chi connectivity index (χ1) is 14.1. The molecule has 1 saturated carbocycles. The summed E-state index contributed by atoms with van der Waals surface area (Å²) in [5, 5.41) is 8.19. The molecule has 6 rings (SSSR count). The second-order valence-corrected chi connectivity index (χ2v) is 8.16. The molecule has 2 aliphatic heterocycles. The highest BCUT2D eigenvalue weighted by Crippen LogP contribution is 2.64. The van der Waals surface area contributed by atoms with Crippen LogP contribution in [0.15, 0.2) is 37.2 Å². The first kappa shape index (κ1) is 16.8. The van der Waals surface area contributed by atoms with Gasteiger partial charge in [-0.05, 0) is 43.9 Å². The lowest BCUT2D eigenvalue weighted by Gasteiger charge is -2.31. The number of nitrogens with one attached hydrogen (secondary N) is 1. The Morgan fingerprint density at radius 3 is 3.07 bits per heavy atom. The third-order valence-corrected chi connectivity index (χ3v) is 6.39. The number of fused-ring (bicyclic) bond motifs is 3. The van der Waals surface area contributed by atoms with Gasteiger partial charge in [-0.25, -0.2) is 18.9 Å². The molecule has 29 heavy (non-hydrogen) atoms. The van der Waals surface area contributed by atoms with E-state index in [1.807, 2.05) is 23.6 Å². The minimum atomic E-state index is -0.344. The molecule has 1 spiro atoms. The van der Waals surface area contributed by atoms with Crippen molar-refractivity contribution in [2.45, 2.75) is 31.4 Å². The van der Waals surface area contributed by atoms with E-state index < -0.39 is 0 Å². The Kier molecular flexibility index (Phi) is 3.29. The summed E-state index contributed by atoms with van der Waals surface area (Å²) in [6, 6.07) is 5.53. The maximum Gasteiger partial charge on any atom is 0.219 e. The number of pyridine rings is 1. The van der Waals surface area contributed by atoms with Crippen molar-refractivity contribution in [2.24, 2.45) is 5.92 Å².